The summed E-state index contributed by atoms with van der Waals surface area (Å²) in [4.78, 5) is 22.0. The van der Waals surface area contributed by atoms with E-state index in [9.17, 15) is 19.7 Å². The molecule has 1 heterocycles. The number of carboxylic acid groups (broad SMARTS) is 1. The summed E-state index contributed by atoms with van der Waals surface area (Å²) in [6, 6.07) is 2.40. The number of aromatic carboxylic acids is 1. The number of carbonyl (C=O) groups is 2. The van der Waals surface area contributed by atoms with E-state index in [1.54, 1.807) is 0 Å². The highest BCUT2D eigenvalue weighted by Gasteiger charge is 2.37. The molecule has 0 fully saturated rings. The van der Waals surface area contributed by atoms with E-state index in [0.717, 1.165) is 6.07 Å². The van der Waals surface area contributed by atoms with Crippen molar-refractivity contribution in [3.63, 3.8) is 0 Å². The number of benzene rings is 1. The van der Waals surface area contributed by atoms with Gasteiger partial charge in [0.05, 0.1) is 5.94 Å². The largest absolute Gasteiger partial charge is 0.547 e. The normalized spacial score (nSPS) is 17.4. The van der Waals surface area contributed by atoms with Crippen molar-refractivity contribution in [1.29, 1.82) is 0 Å². The number of hydrogen-bond acceptors (Lipinski definition) is 5. The fraction of sp³-hybridized carbons (Fsp3) is 0.273. The van der Waals surface area contributed by atoms with Gasteiger partial charge in [-0.25, -0.2) is 4.79 Å². The summed E-state index contributed by atoms with van der Waals surface area (Å²) in [7, 11) is -1.33. The van der Waals surface area contributed by atoms with Crippen LogP contribution in [0.5, 0.6) is 11.5 Å². The van der Waals surface area contributed by atoms with Crippen LogP contribution in [0.2, 0.25) is 0 Å². The zero-order valence-electron chi connectivity index (χ0n) is 10.1. The van der Waals surface area contributed by atoms with Crippen LogP contribution in [0.1, 0.15) is 22.8 Å². The molecule has 0 radical (unpaired) electrons. The van der Waals surface area contributed by atoms with Crippen LogP contribution in [0.4, 0.5) is 0 Å². The molecule has 1 aliphatic rings. The van der Waals surface area contributed by atoms with Gasteiger partial charge >= 0.3 is 13.1 Å². The average molecular weight is 265 g/mol. The monoisotopic (exact) mass is 265 g/mol. The molecule has 7 nitrogen and oxygen atoms in total. The van der Waals surface area contributed by atoms with Crippen LogP contribution in [-0.2, 0) is 11.2 Å². The van der Waals surface area contributed by atoms with Crippen molar-refractivity contribution < 1.29 is 29.5 Å². The summed E-state index contributed by atoms with van der Waals surface area (Å²) in [6.07, 6.45) is 0.171. The lowest BCUT2D eigenvalue weighted by Gasteiger charge is -2.28. The molecule has 19 heavy (non-hydrogen) atoms. The highest BCUT2D eigenvalue weighted by atomic mass is 16.5. The predicted molar refractivity (Wildman–Crippen MR) is 65.0 cm³/mol. The van der Waals surface area contributed by atoms with E-state index in [1.807, 2.05) is 0 Å². The Kier molecular flexibility index (Phi) is 3.35. The maximum Gasteiger partial charge on any atom is 0.547 e. The molecule has 0 saturated carbocycles. The molecule has 1 aromatic rings. The second-order valence-corrected chi connectivity index (χ2v) is 4.31. The van der Waals surface area contributed by atoms with E-state index in [4.69, 9.17) is 9.76 Å². The lowest BCUT2D eigenvalue weighted by atomic mass is 9.72. The minimum atomic E-state index is -1.33. The van der Waals surface area contributed by atoms with Gasteiger partial charge in [0, 0.05) is 6.92 Å². The molecule has 1 atom stereocenters. The quantitative estimate of drug-likeness (QED) is 0.538. The third kappa shape index (κ3) is 2.63. The van der Waals surface area contributed by atoms with Crippen LogP contribution in [-0.4, -0.2) is 40.2 Å². The average Bonchev–Trinajstić information content (AvgIpc) is 2.29. The molecule has 1 amide bonds. The molecule has 2 rings (SSSR count). The summed E-state index contributed by atoms with van der Waals surface area (Å²) < 4.78 is 5.14. The zero-order valence-corrected chi connectivity index (χ0v) is 10.1. The fourth-order valence-electron chi connectivity index (χ4n) is 2.05. The number of phenols is 1. The van der Waals surface area contributed by atoms with Gasteiger partial charge in [-0.15, -0.1) is 0 Å². The van der Waals surface area contributed by atoms with Gasteiger partial charge in [-0.3, -0.25) is 4.79 Å². The number of carboxylic acids is 1. The van der Waals surface area contributed by atoms with E-state index >= 15 is 0 Å². The Balaban J connectivity index is 2.40. The zero-order chi connectivity index (χ0) is 14.2. The highest BCUT2D eigenvalue weighted by Crippen LogP contribution is 2.33. The van der Waals surface area contributed by atoms with Crippen LogP contribution < -0.4 is 9.97 Å². The van der Waals surface area contributed by atoms with Gasteiger partial charge in [0.25, 0.3) is 0 Å². The minimum absolute atomic E-state index is 0.0133. The van der Waals surface area contributed by atoms with Gasteiger partial charge in [-0.2, -0.15) is 0 Å². The number of hydrogen-bond donors (Lipinski definition) is 4. The summed E-state index contributed by atoms with van der Waals surface area (Å²) in [6.45, 7) is 1.30. The van der Waals surface area contributed by atoms with Crippen molar-refractivity contribution in [3.05, 3.63) is 23.3 Å². The first-order valence-corrected chi connectivity index (χ1v) is 5.59. The standard InChI is InChI=1S/C11H12BNO6/c1-5(14)13-9-3-6-2-7(15)4-8(11(16)17)10(6)19-12(9)18/h2,4,9,15,18H,3H2,1H3,(H,13,14)(H,16,17)/t9-/m0/s1. The Morgan fingerprint density at radius 2 is 2.16 bits per heavy atom. The second kappa shape index (κ2) is 4.81. The number of aromatic hydroxyl groups is 1. The third-order valence-electron chi connectivity index (χ3n) is 2.79. The molecule has 1 aliphatic heterocycles. The number of phenolic OH excluding ortho intramolecular Hbond substituents is 1. The molecule has 0 aromatic heterocycles. The molecule has 0 aliphatic carbocycles. The third-order valence-corrected chi connectivity index (χ3v) is 2.79. The molecule has 8 heteroatoms. The Bertz CT molecular complexity index is 546. The first-order chi connectivity index (χ1) is 8.88. The molecule has 1 aromatic carbocycles. The van der Waals surface area contributed by atoms with Gasteiger partial charge in [0.2, 0.25) is 5.91 Å². The summed E-state index contributed by atoms with van der Waals surface area (Å²) in [5.41, 5.74) is 0.191. The Morgan fingerprint density at radius 1 is 1.47 bits per heavy atom. The fourth-order valence-corrected chi connectivity index (χ4v) is 2.05. The lowest BCUT2D eigenvalue weighted by Crippen LogP contribution is -2.52. The van der Waals surface area contributed by atoms with Gasteiger partial charge in [0.1, 0.15) is 17.1 Å². The number of amides is 1. The lowest BCUT2D eigenvalue weighted by molar-refractivity contribution is -0.119. The van der Waals surface area contributed by atoms with E-state index in [2.05, 4.69) is 5.32 Å². The molecule has 0 bridgehead atoms. The number of carbonyl (C=O) groups excluding carboxylic acids is 1. The maximum absolute atomic E-state index is 11.0. The van der Waals surface area contributed by atoms with Crippen LogP contribution in [0.3, 0.4) is 0 Å². The maximum atomic E-state index is 11.0. The molecule has 4 N–H and O–H groups in total. The van der Waals surface area contributed by atoms with Crippen molar-refractivity contribution in [2.24, 2.45) is 0 Å². The SMILES string of the molecule is CC(=O)N[C@H]1Cc2cc(O)cc(C(=O)O)c2OB1O. The first-order valence-electron chi connectivity index (χ1n) is 5.59. The topological polar surface area (TPSA) is 116 Å². The van der Waals surface area contributed by atoms with Gasteiger partial charge < -0.3 is 25.2 Å². The van der Waals surface area contributed by atoms with Crippen LogP contribution in [0.25, 0.3) is 0 Å². The number of nitrogens with one attached hydrogen (secondary N) is 1. The molecule has 100 valence electrons. The predicted octanol–water partition coefficient (Wildman–Crippen LogP) is -0.450. The van der Waals surface area contributed by atoms with Crippen molar-refractivity contribution >= 4 is 19.0 Å². The van der Waals surface area contributed by atoms with Crippen LogP contribution >= 0.6 is 0 Å². The number of rotatable bonds is 2. The molecule has 0 spiro atoms. The van der Waals surface area contributed by atoms with Crippen LogP contribution in [0, 0.1) is 0 Å². The van der Waals surface area contributed by atoms with Crippen molar-refractivity contribution in [2.45, 2.75) is 19.3 Å². The van der Waals surface area contributed by atoms with E-state index in [1.165, 1.54) is 13.0 Å². The van der Waals surface area contributed by atoms with Gasteiger partial charge in [0.15, 0.2) is 0 Å². The van der Waals surface area contributed by atoms with Crippen molar-refractivity contribution in [2.75, 3.05) is 0 Å². The summed E-state index contributed by atoms with van der Waals surface area (Å²) in [5.74, 6) is -2.49. The van der Waals surface area contributed by atoms with Gasteiger partial charge in [-0.05, 0) is 24.1 Å². The Hall–Kier alpha value is -2.22. The molecular formula is C11H12BNO6. The van der Waals surface area contributed by atoms with Gasteiger partial charge in [-0.1, -0.05) is 0 Å². The summed E-state index contributed by atoms with van der Waals surface area (Å²) in [5, 5.41) is 30.7. The number of fused-ring (bicyclic) bond motifs is 1. The first kappa shape index (κ1) is 13.2. The van der Waals surface area contributed by atoms with Crippen molar-refractivity contribution in [3.8, 4) is 11.5 Å². The van der Waals surface area contributed by atoms with Crippen molar-refractivity contribution in [1.82, 2.24) is 5.32 Å². The molecule has 0 unspecified atom stereocenters. The Labute approximate surface area is 109 Å². The minimum Gasteiger partial charge on any atom is -0.534 e. The summed E-state index contributed by atoms with van der Waals surface area (Å²) >= 11 is 0. The molecular weight excluding hydrogens is 253 g/mol. The van der Waals surface area contributed by atoms with Crippen LogP contribution in [0.15, 0.2) is 12.1 Å². The highest BCUT2D eigenvalue weighted by molar-refractivity contribution is 6.47. The van der Waals surface area contributed by atoms with E-state index in [0.29, 0.717) is 5.56 Å². The van der Waals surface area contributed by atoms with E-state index in [-0.39, 0.29) is 29.4 Å². The smallest absolute Gasteiger partial charge is 0.534 e. The second-order valence-electron chi connectivity index (χ2n) is 4.31. The Morgan fingerprint density at radius 3 is 2.74 bits per heavy atom. The molecule has 0 saturated heterocycles. The van der Waals surface area contributed by atoms with E-state index < -0.39 is 19.0 Å².